The lowest BCUT2D eigenvalue weighted by atomic mass is 10.2. The Morgan fingerprint density at radius 3 is 2.02 bits per heavy atom. The molecule has 0 aliphatic carbocycles. The van der Waals surface area contributed by atoms with Crippen LogP contribution in [0.25, 0.3) is 0 Å². The van der Waals surface area contributed by atoms with Crippen molar-refractivity contribution in [1.29, 1.82) is 0 Å². The molecular formula is C37H42FN7O3. The highest BCUT2D eigenvalue weighted by Gasteiger charge is 2.05. The molecule has 0 atom stereocenters. The van der Waals surface area contributed by atoms with Gasteiger partial charge in [0.15, 0.2) is 5.82 Å². The van der Waals surface area contributed by atoms with Crippen LogP contribution in [0.1, 0.15) is 32.6 Å². The second-order valence-electron chi connectivity index (χ2n) is 10.9. The fourth-order valence-electron chi connectivity index (χ4n) is 4.39. The average Bonchev–Trinajstić information content (AvgIpc) is 3.11. The van der Waals surface area contributed by atoms with Gasteiger partial charge in [0.25, 0.3) is 0 Å². The maximum Gasteiger partial charge on any atom is 0.330 e. The smallest absolute Gasteiger partial charge is 0.330 e. The third-order valence-electron chi connectivity index (χ3n) is 7.19. The summed E-state index contributed by atoms with van der Waals surface area (Å²) in [5, 5.41) is 23.2. The molecule has 0 saturated carbocycles. The minimum absolute atomic E-state index is 0.129. The molecule has 250 valence electrons. The molecule has 10 nitrogen and oxygen atoms in total. The Kier molecular flexibility index (Phi) is 14.1. The molecule has 0 heterocycles. The van der Waals surface area contributed by atoms with E-state index in [1.54, 1.807) is 36.4 Å². The fraction of sp³-hybridized carbons (Fsp3) is 0.270. The summed E-state index contributed by atoms with van der Waals surface area (Å²) in [6, 6.07) is 27.1. The van der Waals surface area contributed by atoms with Gasteiger partial charge in [-0.05, 0) is 97.4 Å². The van der Waals surface area contributed by atoms with Crippen LogP contribution in [0, 0.1) is 5.82 Å². The Morgan fingerprint density at radius 2 is 1.40 bits per heavy atom. The monoisotopic (exact) mass is 651 g/mol. The van der Waals surface area contributed by atoms with E-state index in [2.05, 4.69) is 44.6 Å². The second kappa shape index (κ2) is 19.2. The molecule has 0 radical (unpaired) electrons. The van der Waals surface area contributed by atoms with E-state index in [9.17, 15) is 9.18 Å². The Hall–Kier alpha value is -5.58. The van der Waals surface area contributed by atoms with Gasteiger partial charge in [0, 0.05) is 30.2 Å². The molecule has 0 bridgehead atoms. The van der Waals surface area contributed by atoms with Crippen LogP contribution in [-0.2, 0) is 9.53 Å². The Balaban J connectivity index is 1.20. The second-order valence-corrected chi connectivity index (χ2v) is 10.9. The lowest BCUT2D eigenvalue weighted by Crippen LogP contribution is -2.23. The number of azo groups is 2. The van der Waals surface area contributed by atoms with E-state index in [0.717, 1.165) is 41.9 Å². The first-order chi connectivity index (χ1) is 23.4. The summed E-state index contributed by atoms with van der Waals surface area (Å²) in [6.45, 7) is 7.51. The molecule has 0 aliphatic heterocycles. The van der Waals surface area contributed by atoms with E-state index in [1.807, 2.05) is 60.5 Å². The lowest BCUT2D eigenvalue weighted by molar-refractivity contribution is -0.137. The lowest BCUT2D eigenvalue weighted by Gasteiger charge is -2.19. The van der Waals surface area contributed by atoms with Crippen LogP contribution in [0.5, 0.6) is 5.75 Å². The van der Waals surface area contributed by atoms with E-state index >= 15 is 0 Å². The van der Waals surface area contributed by atoms with E-state index < -0.39 is 11.8 Å². The number of nitrogens with zero attached hydrogens (tertiary/aromatic N) is 5. The average molecular weight is 652 g/mol. The quantitative estimate of drug-likeness (QED) is 0.0343. The van der Waals surface area contributed by atoms with Crippen LogP contribution < -0.4 is 20.3 Å². The Labute approximate surface area is 281 Å². The molecule has 0 aromatic heterocycles. The molecule has 0 saturated heterocycles. The molecule has 0 amide bonds. The van der Waals surface area contributed by atoms with Crippen molar-refractivity contribution in [3.8, 4) is 5.75 Å². The molecule has 48 heavy (non-hydrogen) atoms. The van der Waals surface area contributed by atoms with Crippen molar-refractivity contribution >= 4 is 45.8 Å². The van der Waals surface area contributed by atoms with Crippen molar-refractivity contribution in [2.24, 2.45) is 20.5 Å². The number of hydrogen-bond acceptors (Lipinski definition) is 10. The number of likely N-dealkylation sites (N-methyl/N-ethyl adjacent to an activating group) is 1. The molecule has 4 rings (SSSR count). The first-order valence-electron chi connectivity index (χ1n) is 16.0. The van der Waals surface area contributed by atoms with E-state index in [0.29, 0.717) is 30.3 Å². The number of carbonyl (C=O) groups is 1. The Morgan fingerprint density at radius 1 is 0.792 bits per heavy atom. The van der Waals surface area contributed by atoms with Gasteiger partial charge in [0.1, 0.15) is 18.0 Å². The van der Waals surface area contributed by atoms with Crippen LogP contribution in [0.2, 0.25) is 0 Å². The van der Waals surface area contributed by atoms with Gasteiger partial charge in [-0.25, -0.2) is 9.18 Å². The zero-order valence-electron chi connectivity index (χ0n) is 27.4. The van der Waals surface area contributed by atoms with Crippen molar-refractivity contribution in [2.75, 3.05) is 49.0 Å². The van der Waals surface area contributed by atoms with Gasteiger partial charge < -0.3 is 25.0 Å². The molecule has 0 unspecified atom stereocenters. The summed E-state index contributed by atoms with van der Waals surface area (Å²) >= 11 is 0. The molecule has 11 heteroatoms. The largest absolute Gasteiger partial charge is 0.494 e. The topological polar surface area (TPSA) is 112 Å². The van der Waals surface area contributed by atoms with Gasteiger partial charge in [0.05, 0.1) is 36.9 Å². The SMILES string of the molecule is C=CC(=O)OCCN(C)c1ccc(NCNc2ccc(N=Nc3ccc(N=Nc4ccc(OCCCCCC)cc4)cc3)c(F)c2)cc1. The highest BCUT2D eigenvalue weighted by atomic mass is 19.1. The number of anilines is 3. The predicted molar refractivity (Wildman–Crippen MR) is 190 cm³/mol. The van der Waals surface area contributed by atoms with Crippen LogP contribution in [0.4, 0.5) is 44.2 Å². The van der Waals surface area contributed by atoms with Gasteiger partial charge in [-0.3, -0.25) is 0 Å². The maximum atomic E-state index is 14.7. The van der Waals surface area contributed by atoms with Crippen LogP contribution in [0.15, 0.2) is 124 Å². The number of benzene rings is 4. The molecule has 2 N–H and O–H groups in total. The normalized spacial score (nSPS) is 11.1. The standard InChI is InChI=1S/C37H42FN7O3/c1-4-6-7-8-24-47-34-20-15-31(16-21-34)42-41-29-9-11-30(12-10-29)43-44-36-22-17-32(26-35(36)38)40-27-39-28-13-18-33(19-14-28)45(3)23-25-48-37(46)5-2/h5,9-22,26,39-40H,2,4,6-8,23-25,27H2,1,3H3. The number of carbonyl (C=O) groups excluding carboxylic acids is 1. The van der Waals surface area contributed by atoms with Crippen LogP contribution >= 0.6 is 0 Å². The van der Waals surface area contributed by atoms with Gasteiger partial charge in [-0.2, -0.15) is 15.3 Å². The first kappa shape index (κ1) is 35.3. The van der Waals surface area contributed by atoms with Crippen molar-refractivity contribution in [3.05, 3.63) is 109 Å². The van der Waals surface area contributed by atoms with Gasteiger partial charge in [-0.15, -0.1) is 5.11 Å². The van der Waals surface area contributed by atoms with E-state index in [4.69, 9.17) is 9.47 Å². The first-order valence-corrected chi connectivity index (χ1v) is 16.0. The molecular weight excluding hydrogens is 609 g/mol. The predicted octanol–water partition coefficient (Wildman–Crippen LogP) is 10.3. The summed E-state index contributed by atoms with van der Waals surface area (Å²) in [5.41, 5.74) is 4.55. The fourth-order valence-corrected chi connectivity index (χ4v) is 4.39. The van der Waals surface area contributed by atoms with Gasteiger partial charge in [-0.1, -0.05) is 32.8 Å². The van der Waals surface area contributed by atoms with Crippen molar-refractivity contribution in [1.82, 2.24) is 0 Å². The molecule has 0 fully saturated rings. The highest BCUT2D eigenvalue weighted by Crippen LogP contribution is 2.27. The maximum absolute atomic E-state index is 14.7. The minimum atomic E-state index is -0.492. The Bertz CT molecular complexity index is 1640. The molecule has 0 aliphatic rings. The number of halogens is 1. The van der Waals surface area contributed by atoms with Crippen molar-refractivity contribution < 1.29 is 18.7 Å². The minimum Gasteiger partial charge on any atom is -0.494 e. The summed E-state index contributed by atoms with van der Waals surface area (Å²) in [5.74, 6) is -0.104. The number of nitrogens with one attached hydrogen (secondary N) is 2. The van der Waals surface area contributed by atoms with Crippen LogP contribution in [-0.4, -0.2) is 39.4 Å². The highest BCUT2D eigenvalue weighted by molar-refractivity contribution is 5.81. The summed E-state index contributed by atoms with van der Waals surface area (Å²) in [4.78, 5) is 13.2. The van der Waals surface area contributed by atoms with Crippen LogP contribution in [0.3, 0.4) is 0 Å². The number of hydrogen-bond donors (Lipinski definition) is 2. The third kappa shape index (κ3) is 12.0. The third-order valence-corrected chi connectivity index (χ3v) is 7.19. The molecule has 0 spiro atoms. The van der Waals surface area contributed by atoms with Gasteiger partial charge in [0.2, 0.25) is 0 Å². The van der Waals surface area contributed by atoms with Gasteiger partial charge >= 0.3 is 5.97 Å². The number of esters is 1. The number of unbranched alkanes of at least 4 members (excludes halogenated alkanes) is 3. The van der Waals surface area contributed by atoms with E-state index in [-0.39, 0.29) is 12.3 Å². The molecule has 4 aromatic rings. The van der Waals surface area contributed by atoms with Crippen molar-refractivity contribution in [2.45, 2.75) is 32.6 Å². The van der Waals surface area contributed by atoms with E-state index in [1.165, 1.54) is 25.3 Å². The summed E-state index contributed by atoms with van der Waals surface area (Å²) in [7, 11) is 1.92. The summed E-state index contributed by atoms with van der Waals surface area (Å²) in [6.07, 6.45) is 5.82. The summed E-state index contributed by atoms with van der Waals surface area (Å²) < 4.78 is 25.5. The molecule has 4 aromatic carbocycles. The zero-order chi connectivity index (χ0) is 34.0. The number of ether oxygens (including phenoxy) is 2. The zero-order valence-corrected chi connectivity index (χ0v) is 27.4. The number of rotatable bonds is 19. The van der Waals surface area contributed by atoms with Crippen molar-refractivity contribution in [3.63, 3.8) is 0 Å².